The van der Waals surface area contributed by atoms with E-state index in [1.54, 1.807) is 0 Å². The van der Waals surface area contributed by atoms with E-state index in [-0.39, 0.29) is 23.5 Å². The fraction of sp³-hybridized carbons (Fsp3) is 0.933. The Labute approximate surface area is 122 Å². The maximum absolute atomic E-state index is 10.9. The molecule has 5 heteroatoms. The van der Waals surface area contributed by atoms with E-state index in [1.165, 1.54) is 6.92 Å². The second-order valence-corrected chi connectivity index (χ2v) is 7.22. The van der Waals surface area contributed by atoms with Gasteiger partial charge >= 0.3 is 0 Å². The molecule has 0 aliphatic carbocycles. The van der Waals surface area contributed by atoms with Gasteiger partial charge in [0.05, 0.1) is 6.10 Å². The van der Waals surface area contributed by atoms with Gasteiger partial charge in [0, 0.05) is 39.1 Å². The van der Waals surface area contributed by atoms with Gasteiger partial charge in [0.2, 0.25) is 5.91 Å². The normalized spacial score (nSPS) is 26.3. The van der Waals surface area contributed by atoms with Crippen LogP contribution in [-0.4, -0.2) is 54.2 Å². The van der Waals surface area contributed by atoms with Crippen LogP contribution in [0.15, 0.2) is 0 Å². The third-order valence-corrected chi connectivity index (χ3v) is 4.00. The molecule has 1 amide bonds. The molecule has 3 atom stereocenters. The molecule has 0 saturated carbocycles. The van der Waals surface area contributed by atoms with Crippen LogP contribution < -0.4 is 11.1 Å². The average Bonchev–Trinajstić information content (AvgIpc) is 2.26. The number of piperidine rings is 1. The molecule has 1 fully saturated rings. The first-order chi connectivity index (χ1) is 9.18. The molecule has 118 valence electrons. The summed E-state index contributed by atoms with van der Waals surface area (Å²) in [6.07, 6.45) is 1.48. The van der Waals surface area contributed by atoms with Crippen LogP contribution in [0.1, 0.15) is 40.5 Å². The van der Waals surface area contributed by atoms with Gasteiger partial charge in [-0.1, -0.05) is 20.8 Å². The molecule has 5 nitrogen and oxygen atoms in total. The van der Waals surface area contributed by atoms with Crippen molar-refractivity contribution < 1.29 is 9.90 Å². The zero-order chi connectivity index (χ0) is 15.3. The SMILES string of the molecule is CC(=O)NCCN1CC(N)CC(CC(O)C(C)(C)C)C1. The van der Waals surface area contributed by atoms with Gasteiger partial charge in [-0.2, -0.15) is 0 Å². The fourth-order valence-corrected chi connectivity index (χ4v) is 2.76. The van der Waals surface area contributed by atoms with Gasteiger partial charge in [0.25, 0.3) is 0 Å². The zero-order valence-corrected chi connectivity index (χ0v) is 13.4. The average molecular weight is 285 g/mol. The molecule has 0 aromatic rings. The number of rotatable bonds is 5. The number of aliphatic hydroxyl groups excluding tert-OH is 1. The highest BCUT2D eigenvalue weighted by atomic mass is 16.3. The predicted molar refractivity (Wildman–Crippen MR) is 81.3 cm³/mol. The highest BCUT2D eigenvalue weighted by molar-refractivity contribution is 5.72. The molecule has 3 unspecified atom stereocenters. The molecule has 0 spiro atoms. The summed E-state index contributed by atoms with van der Waals surface area (Å²) in [7, 11) is 0. The van der Waals surface area contributed by atoms with E-state index in [0.717, 1.165) is 32.5 Å². The summed E-state index contributed by atoms with van der Waals surface area (Å²) in [6, 6.07) is 0.165. The van der Waals surface area contributed by atoms with Crippen LogP contribution in [0.2, 0.25) is 0 Å². The third-order valence-electron chi connectivity index (χ3n) is 4.00. The third kappa shape index (κ3) is 6.20. The first kappa shape index (κ1) is 17.4. The Morgan fingerprint density at radius 1 is 1.45 bits per heavy atom. The van der Waals surface area contributed by atoms with Crippen molar-refractivity contribution in [2.24, 2.45) is 17.1 Å². The second kappa shape index (κ2) is 7.38. The van der Waals surface area contributed by atoms with Crippen molar-refractivity contribution in [3.63, 3.8) is 0 Å². The second-order valence-electron chi connectivity index (χ2n) is 7.22. The number of carbonyl (C=O) groups excluding carboxylic acids is 1. The minimum atomic E-state index is -0.296. The van der Waals surface area contributed by atoms with E-state index in [0.29, 0.717) is 12.5 Å². The highest BCUT2D eigenvalue weighted by Crippen LogP contribution is 2.28. The number of nitrogens with one attached hydrogen (secondary N) is 1. The Bertz CT molecular complexity index is 315. The van der Waals surface area contributed by atoms with Crippen molar-refractivity contribution in [3.05, 3.63) is 0 Å². The van der Waals surface area contributed by atoms with Crippen LogP contribution >= 0.6 is 0 Å². The summed E-state index contributed by atoms with van der Waals surface area (Å²) in [5, 5.41) is 13.1. The van der Waals surface area contributed by atoms with Crippen molar-refractivity contribution >= 4 is 5.91 Å². The van der Waals surface area contributed by atoms with Gasteiger partial charge < -0.3 is 16.2 Å². The molecule has 1 saturated heterocycles. The van der Waals surface area contributed by atoms with Crippen molar-refractivity contribution in [2.45, 2.75) is 52.7 Å². The molecule has 4 N–H and O–H groups in total. The van der Waals surface area contributed by atoms with Gasteiger partial charge in [0.1, 0.15) is 0 Å². The minimum absolute atomic E-state index is 0.00557. The van der Waals surface area contributed by atoms with Crippen LogP contribution in [0.4, 0.5) is 0 Å². The largest absolute Gasteiger partial charge is 0.393 e. The number of hydrogen-bond acceptors (Lipinski definition) is 4. The van der Waals surface area contributed by atoms with Crippen molar-refractivity contribution in [2.75, 3.05) is 26.2 Å². The van der Waals surface area contributed by atoms with Gasteiger partial charge in [-0.25, -0.2) is 0 Å². The number of amides is 1. The Morgan fingerprint density at radius 3 is 2.65 bits per heavy atom. The molecule has 0 aromatic carbocycles. The van der Waals surface area contributed by atoms with Gasteiger partial charge in [-0.15, -0.1) is 0 Å². The molecular formula is C15H31N3O2. The number of nitrogens with two attached hydrogens (primary N) is 1. The number of nitrogens with zero attached hydrogens (tertiary/aromatic N) is 1. The van der Waals surface area contributed by atoms with Crippen molar-refractivity contribution in [1.82, 2.24) is 10.2 Å². The lowest BCUT2D eigenvalue weighted by molar-refractivity contribution is -0.119. The Balaban J connectivity index is 2.43. The van der Waals surface area contributed by atoms with Crippen LogP contribution in [0.5, 0.6) is 0 Å². The van der Waals surface area contributed by atoms with Gasteiger partial charge in [0.15, 0.2) is 0 Å². The summed E-state index contributed by atoms with van der Waals surface area (Å²) in [4.78, 5) is 13.2. The number of hydrogen-bond donors (Lipinski definition) is 3. The van der Waals surface area contributed by atoms with Crippen LogP contribution in [-0.2, 0) is 4.79 Å². The lowest BCUT2D eigenvalue weighted by Gasteiger charge is -2.38. The highest BCUT2D eigenvalue weighted by Gasteiger charge is 2.30. The quantitative estimate of drug-likeness (QED) is 0.690. The topological polar surface area (TPSA) is 78.6 Å². The lowest BCUT2D eigenvalue weighted by Crippen LogP contribution is -2.50. The van der Waals surface area contributed by atoms with Gasteiger partial charge in [-0.05, 0) is 24.2 Å². The van der Waals surface area contributed by atoms with Crippen LogP contribution in [0.3, 0.4) is 0 Å². The molecule has 1 aliphatic heterocycles. The lowest BCUT2D eigenvalue weighted by atomic mass is 9.80. The molecule has 0 bridgehead atoms. The van der Waals surface area contributed by atoms with E-state index in [1.807, 2.05) is 0 Å². The first-order valence-electron chi connectivity index (χ1n) is 7.59. The number of aliphatic hydroxyl groups is 1. The molecule has 20 heavy (non-hydrogen) atoms. The minimum Gasteiger partial charge on any atom is -0.393 e. The summed E-state index contributed by atoms with van der Waals surface area (Å²) in [5.41, 5.74) is 6.04. The number of likely N-dealkylation sites (tertiary alicyclic amines) is 1. The van der Waals surface area contributed by atoms with E-state index < -0.39 is 0 Å². The Kier molecular flexibility index (Phi) is 6.43. The van der Waals surface area contributed by atoms with E-state index in [2.05, 4.69) is 31.0 Å². The van der Waals surface area contributed by atoms with E-state index in [9.17, 15) is 9.90 Å². The molecule has 1 heterocycles. The Morgan fingerprint density at radius 2 is 2.10 bits per heavy atom. The fourth-order valence-electron chi connectivity index (χ4n) is 2.76. The maximum atomic E-state index is 10.9. The van der Waals surface area contributed by atoms with Gasteiger partial charge in [-0.3, -0.25) is 9.69 Å². The maximum Gasteiger partial charge on any atom is 0.216 e. The van der Waals surface area contributed by atoms with Crippen molar-refractivity contribution in [1.29, 1.82) is 0 Å². The summed E-state index contributed by atoms with van der Waals surface area (Å²) in [6.45, 7) is 11.1. The molecule has 1 rings (SSSR count). The Hall–Kier alpha value is -0.650. The molecular weight excluding hydrogens is 254 g/mol. The molecule has 0 aromatic heterocycles. The zero-order valence-electron chi connectivity index (χ0n) is 13.4. The summed E-state index contributed by atoms with van der Waals surface area (Å²) >= 11 is 0. The summed E-state index contributed by atoms with van der Waals surface area (Å²) in [5.74, 6) is 0.441. The molecule has 0 radical (unpaired) electrons. The summed E-state index contributed by atoms with van der Waals surface area (Å²) < 4.78 is 0. The van der Waals surface area contributed by atoms with Crippen LogP contribution in [0, 0.1) is 11.3 Å². The van der Waals surface area contributed by atoms with E-state index >= 15 is 0 Å². The van der Waals surface area contributed by atoms with Crippen molar-refractivity contribution in [3.8, 4) is 0 Å². The van der Waals surface area contributed by atoms with Crippen LogP contribution in [0.25, 0.3) is 0 Å². The molecule has 1 aliphatic rings. The smallest absolute Gasteiger partial charge is 0.216 e. The standard InChI is InChI=1S/C15H31N3O2/c1-11(19)17-5-6-18-9-12(7-13(16)10-18)8-14(20)15(2,3)4/h12-14,20H,5-10,16H2,1-4H3,(H,17,19). The predicted octanol–water partition coefficient (Wildman–Crippen LogP) is 0.569. The first-order valence-corrected chi connectivity index (χ1v) is 7.59. The van der Waals surface area contributed by atoms with E-state index in [4.69, 9.17) is 5.73 Å². The number of carbonyl (C=O) groups is 1. The monoisotopic (exact) mass is 285 g/mol.